The Labute approximate surface area is 174 Å². The van der Waals surface area contributed by atoms with Crippen molar-refractivity contribution in [1.29, 1.82) is 0 Å². The Morgan fingerprint density at radius 3 is 2.66 bits per heavy atom. The number of carbonyl (C=O) groups is 1. The van der Waals surface area contributed by atoms with Gasteiger partial charge in [0.15, 0.2) is 11.5 Å². The minimum atomic E-state index is -0.0163. The van der Waals surface area contributed by atoms with Gasteiger partial charge in [0.1, 0.15) is 10.7 Å². The Bertz CT molecular complexity index is 1010. The Hall–Kier alpha value is -2.86. The van der Waals surface area contributed by atoms with Crippen molar-refractivity contribution >= 4 is 17.2 Å². The van der Waals surface area contributed by atoms with E-state index in [-0.39, 0.29) is 11.9 Å². The van der Waals surface area contributed by atoms with Gasteiger partial charge in [-0.25, -0.2) is 4.98 Å². The number of thiazole rings is 1. The van der Waals surface area contributed by atoms with Gasteiger partial charge in [0.05, 0.1) is 25.8 Å². The van der Waals surface area contributed by atoms with Crippen LogP contribution < -0.4 is 9.47 Å². The molecule has 1 atom stereocenters. The molecule has 0 saturated carbocycles. The predicted octanol–water partition coefficient (Wildman–Crippen LogP) is 5.11. The van der Waals surface area contributed by atoms with Crippen LogP contribution in [0.25, 0.3) is 10.6 Å². The predicted molar refractivity (Wildman–Crippen MR) is 115 cm³/mol. The number of aromatic nitrogens is 1. The fourth-order valence-electron chi connectivity index (χ4n) is 3.84. The van der Waals surface area contributed by atoms with Gasteiger partial charge in [0, 0.05) is 11.9 Å². The van der Waals surface area contributed by atoms with E-state index in [9.17, 15) is 4.79 Å². The first-order valence-electron chi connectivity index (χ1n) is 9.66. The summed E-state index contributed by atoms with van der Waals surface area (Å²) in [7, 11) is 3.22. The van der Waals surface area contributed by atoms with Crippen LogP contribution in [0.1, 0.15) is 40.5 Å². The fourth-order valence-corrected chi connectivity index (χ4v) is 4.66. The summed E-state index contributed by atoms with van der Waals surface area (Å²) < 4.78 is 10.9. The van der Waals surface area contributed by atoms with E-state index < -0.39 is 0 Å². The number of nitrogens with zero attached hydrogens (tertiary/aromatic N) is 2. The molecule has 1 aliphatic rings. The lowest BCUT2D eigenvalue weighted by molar-refractivity contribution is 0.0730. The number of aryl methyl sites for hydroxylation is 1. The van der Waals surface area contributed by atoms with E-state index in [1.807, 2.05) is 28.5 Å². The molecule has 6 heteroatoms. The molecule has 2 heterocycles. The maximum absolute atomic E-state index is 13.2. The Morgan fingerprint density at radius 1 is 1.14 bits per heavy atom. The first-order chi connectivity index (χ1) is 14.1. The van der Waals surface area contributed by atoms with Crippen LogP contribution in [-0.4, -0.2) is 36.6 Å². The number of carbonyl (C=O) groups excluding carboxylic acids is 1. The zero-order chi connectivity index (χ0) is 20.4. The molecule has 1 aromatic heterocycles. The molecule has 150 valence electrons. The molecule has 5 nitrogen and oxygen atoms in total. The maximum Gasteiger partial charge on any atom is 0.273 e. The molecule has 3 aromatic rings. The highest BCUT2D eigenvalue weighted by Gasteiger charge is 2.32. The van der Waals surface area contributed by atoms with Gasteiger partial charge in [-0.1, -0.05) is 35.9 Å². The van der Waals surface area contributed by atoms with Gasteiger partial charge in [0.25, 0.3) is 5.91 Å². The molecule has 1 aliphatic heterocycles. The lowest BCUT2D eigenvalue weighted by atomic mass is 10.0. The van der Waals surface area contributed by atoms with Crippen LogP contribution in [0.15, 0.2) is 47.8 Å². The minimum absolute atomic E-state index is 0.0163. The average molecular weight is 409 g/mol. The Balaban J connectivity index is 1.61. The summed E-state index contributed by atoms with van der Waals surface area (Å²) in [6, 6.07) is 14.2. The van der Waals surface area contributed by atoms with Crippen molar-refractivity contribution in [2.24, 2.45) is 0 Å². The second kappa shape index (κ2) is 8.25. The molecule has 29 heavy (non-hydrogen) atoms. The first-order valence-corrected chi connectivity index (χ1v) is 10.5. The summed E-state index contributed by atoms with van der Waals surface area (Å²) in [5.74, 6) is 1.26. The molecule has 4 rings (SSSR count). The van der Waals surface area contributed by atoms with Gasteiger partial charge in [-0.15, -0.1) is 11.3 Å². The highest BCUT2D eigenvalue weighted by molar-refractivity contribution is 7.13. The van der Waals surface area contributed by atoms with Crippen LogP contribution >= 0.6 is 11.3 Å². The summed E-state index contributed by atoms with van der Waals surface area (Å²) in [5.41, 5.74) is 3.72. The van der Waals surface area contributed by atoms with E-state index in [1.165, 1.54) is 22.5 Å². The first kappa shape index (κ1) is 19.5. The quantitative estimate of drug-likeness (QED) is 0.588. The van der Waals surface area contributed by atoms with E-state index in [0.29, 0.717) is 17.2 Å². The number of methoxy groups -OCH3 is 2. The van der Waals surface area contributed by atoms with Gasteiger partial charge in [0.2, 0.25) is 0 Å². The largest absolute Gasteiger partial charge is 0.493 e. The Kier molecular flexibility index (Phi) is 5.53. The second-order valence-electron chi connectivity index (χ2n) is 7.15. The number of ether oxygens (including phenoxy) is 2. The highest BCUT2D eigenvalue weighted by atomic mass is 32.1. The zero-order valence-corrected chi connectivity index (χ0v) is 17.7. The number of benzene rings is 2. The summed E-state index contributed by atoms with van der Waals surface area (Å²) >= 11 is 1.44. The summed E-state index contributed by atoms with van der Waals surface area (Å²) in [5, 5.41) is 2.58. The molecule has 0 bridgehead atoms. The van der Waals surface area contributed by atoms with Crippen molar-refractivity contribution in [3.8, 4) is 22.1 Å². The molecule has 0 N–H and O–H groups in total. The maximum atomic E-state index is 13.2. The van der Waals surface area contributed by atoms with E-state index in [1.54, 1.807) is 14.2 Å². The molecule has 1 saturated heterocycles. The van der Waals surface area contributed by atoms with E-state index in [2.05, 4.69) is 36.2 Å². The van der Waals surface area contributed by atoms with E-state index in [4.69, 9.17) is 9.47 Å². The third kappa shape index (κ3) is 3.72. The van der Waals surface area contributed by atoms with Crippen molar-refractivity contribution in [3.05, 3.63) is 64.7 Å². The van der Waals surface area contributed by atoms with Crippen LogP contribution in [0, 0.1) is 6.92 Å². The summed E-state index contributed by atoms with van der Waals surface area (Å²) in [4.78, 5) is 19.8. The number of amides is 1. The molecule has 2 aromatic carbocycles. The van der Waals surface area contributed by atoms with Gasteiger partial charge in [-0.05, 0) is 37.5 Å². The SMILES string of the molecule is COc1cccc(-c2nc(C(=O)N3CCCC3c3ccc(C)cc3)cs2)c1OC. The van der Waals surface area contributed by atoms with Gasteiger partial charge in [-0.2, -0.15) is 0 Å². The second-order valence-corrected chi connectivity index (χ2v) is 8.00. The molecular weight excluding hydrogens is 384 g/mol. The molecule has 1 unspecified atom stereocenters. The normalized spacial score (nSPS) is 16.1. The van der Waals surface area contributed by atoms with Crippen LogP contribution in [0.3, 0.4) is 0 Å². The third-order valence-corrected chi connectivity index (χ3v) is 6.21. The van der Waals surface area contributed by atoms with Gasteiger partial charge < -0.3 is 14.4 Å². The third-order valence-electron chi connectivity index (χ3n) is 5.33. The smallest absolute Gasteiger partial charge is 0.273 e. The van der Waals surface area contributed by atoms with Crippen LogP contribution in [0.2, 0.25) is 0 Å². The van der Waals surface area contributed by atoms with Crippen molar-refractivity contribution in [2.75, 3.05) is 20.8 Å². The monoisotopic (exact) mass is 408 g/mol. The Morgan fingerprint density at radius 2 is 1.93 bits per heavy atom. The lowest BCUT2D eigenvalue weighted by Crippen LogP contribution is -2.30. The summed E-state index contributed by atoms with van der Waals surface area (Å²) in [6.45, 7) is 2.83. The van der Waals surface area contributed by atoms with Crippen LogP contribution in [0.5, 0.6) is 11.5 Å². The number of rotatable bonds is 5. The lowest BCUT2D eigenvalue weighted by Gasteiger charge is -2.24. The fraction of sp³-hybridized carbons (Fsp3) is 0.304. The number of likely N-dealkylation sites (tertiary alicyclic amines) is 1. The van der Waals surface area contributed by atoms with Crippen LogP contribution in [-0.2, 0) is 0 Å². The van der Waals surface area contributed by atoms with E-state index >= 15 is 0 Å². The minimum Gasteiger partial charge on any atom is -0.493 e. The van der Waals surface area contributed by atoms with Crippen molar-refractivity contribution in [1.82, 2.24) is 9.88 Å². The molecular formula is C23H24N2O3S. The number of hydrogen-bond acceptors (Lipinski definition) is 5. The summed E-state index contributed by atoms with van der Waals surface area (Å²) in [6.07, 6.45) is 1.99. The van der Waals surface area contributed by atoms with E-state index in [0.717, 1.165) is 30.0 Å². The highest BCUT2D eigenvalue weighted by Crippen LogP contribution is 2.40. The molecule has 1 fully saturated rings. The average Bonchev–Trinajstić information content (AvgIpc) is 3.43. The van der Waals surface area contributed by atoms with Crippen LogP contribution in [0.4, 0.5) is 0 Å². The topological polar surface area (TPSA) is 51.7 Å². The molecule has 0 radical (unpaired) electrons. The number of para-hydroxylation sites is 1. The van der Waals surface area contributed by atoms with Gasteiger partial charge in [-0.3, -0.25) is 4.79 Å². The molecule has 0 aliphatic carbocycles. The number of hydrogen-bond donors (Lipinski definition) is 0. The molecule has 1 amide bonds. The van der Waals surface area contributed by atoms with Crippen molar-refractivity contribution in [3.63, 3.8) is 0 Å². The standard InChI is InChI=1S/C23H24N2O3S/c1-15-9-11-16(12-10-15)19-7-5-13-25(19)23(26)18-14-29-22(24-18)17-6-4-8-20(27-2)21(17)28-3/h4,6,8-12,14,19H,5,7,13H2,1-3H3. The van der Waals surface area contributed by atoms with Crippen molar-refractivity contribution in [2.45, 2.75) is 25.8 Å². The van der Waals surface area contributed by atoms with Gasteiger partial charge >= 0.3 is 0 Å². The molecule has 0 spiro atoms. The van der Waals surface area contributed by atoms with Crippen molar-refractivity contribution < 1.29 is 14.3 Å². The zero-order valence-electron chi connectivity index (χ0n) is 16.8.